The Bertz CT molecular complexity index is 809. The number of amides is 2. The number of ether oxygens (including phenoxy) is 1. The molecule has 1 atom stereocenters. The molecule has 1 spiro atoms. The number of urea groups is 1. The molecule has 0 aromatic heterocycles. The second-order valence-corrected chi connectivity index (χ2v) is 6.63. The van der Waals surface area contributed by atoms with Gasteiger partial charge in [-0.15, -0.1) is 0 Å². The Kier molecular flexibility index (Phi) is 4.75. The van der Waals surface area contributed by atoms with Gasteiger partial charge in [-0.1, -0.05) is 11.2 Å². The number of carbonyl (C=O) groups excluding carboxylic acids is 2. The van der Waals surface area contributed by atoms with Crippen LogP contribution >= 0.6 is 0 Å². The average molecular weight is 385 g/mol. The van der Waals surface area contributed by atoms with Gasteiger partial charge in [-0.2, -0.15) is 13.2 Å². The van der Waals surface area contributed by atoms with E-state index in [0.717, 1.165) is 6.07 Å². The summed E-state index contributed by atoms with van der Waals surface area (Å²) in [7, 11) is 1.23. The van der Waals surface area contributed by atoms with E-state index in [-0.39, 0.29) is 30.9 Å². The van der Waals surface area contributed by atoms with Crippen LogP contribution in [0.25, 0.3) is 0 Å². The molecule has 1 N–H and O–H groups in total. The molecule has 27 heavy (non-hydrogen) atoms. The van der Waals surface area contributed by atoms with Gasteiger partial charge < -0.3 is 19.8 Å². The maximum atomic E-state index is 13.2. The fourth-order valence-electron chi connectivity index (χ4n) is 3.19. The molecular formula is C17H18F3N3O4. The molecule has 2 aliphatic rings. The van der Waals surface area contributed by atoms with Crippen molar-refractivity contribution >= 4 is 23.4 Å². The molecule has 1 aromatic carbocycles. The Morgan fingerprint density at radius 3 is 2.78 bits per heavy atom. The molecule has 7 nitrogen and oxygen atoms in total. The van der Waals surface area contributed by atoms with Gasteiger partial charge in [0.2, 0.25) is 0 Å². The highest BCUT2D eigenvalue weighted by atomic mass is 19.4. The summed E-state index contributed by atoms with van der Waals surface area (Å²) in [5.74, 6) is -0.607. The lowest BCUT2D eigenvalue weighted by molar-refractivity contribution is -0.137. The lowest BCUT2D eigenvalue weighted by atomic mass is 9.97. The van der Waals surface area contributed by atoms with Gasteiger partial charge in [0.1, 0.15) is 0 Å². The second kappa shape index (κ2) is 6.75. The van der Waals surface area contributed by atoms with E-state index >= 15 is 0 Å². The Hall–Kier alpha value is -2.78. The summed E-state index contributed by atoms with van der Waals surface area (Å²) >= 11 is 0. The first-order valence-electron chi connectivity index (χ1n) is 8.21. The van der Waals surface area contributed by atoms with Crippen molar-refractivity contribution in [1.29, 1.82) is 0 Å². The number of nitrogens with one attached hydrogen (secondary N) is 1. The van der Waals surface area contributed by atoms with Gasteiger partial charge in [0.05, 0.1) is 24.9 Å². The molecule has 3 rings (SSSR count). The Balaban J connectivity index is 1.69. The highest BCUT2D eigenvalue weighted by molar-refractivity contribution is 6.36. The number of aryl methyl sites for hydroxylation is 1. The number of nitrogens with zero attached hydrogens (tertiary/aromatic N) is 2. The van der Waals surface area contributed by atoms with Gasteiger partial charge in [-0.05, 0) is 24.6 Å². The third-order valence-electron chi connectivity index (χ3n) is 4.59. The lowest BCUT2D eigenvalue weighted by Gasteiger charge is -2.22. The molecule has 10 heteroatoms. The zero-order chi connectivity index (χ0) is 19.8. The van der Waals surface area contributed by atoms with Crippen LogP contribution in [0.1, 0.15) is 24.0 Å². The van der Waals surface area contributed by atoms with Gasteiger partial charge >= 0.3 is 18.2 Å². The number of halogens is 3. The van der Waals surface area contributed by atoms with Crippen LogP contribution in [-0.2, 0) is 20.5 Å². The van der Waals surface area contributed by atoms with Gasteiger partial charge in [0.15, 0.2) is 11.3 Å². The molecule has 1 fully saturated rings. The molecule has 0 aliphatic carbocycles. The van der Waals surface area contributed by atoms with Gasteiger partial charge in [-0.3, -0.25) is 0 Å². The average Bonchev–Trinajstić information content (AvgIpc) is 3.20. The standard InChI is InChI=1S/C17H18F3N3O4/c1-10-3-4-11(17(18,19)20)12(7-10)21-15(25)23-6-5-16(9-23)8-13(22-27-16)14(24)26-2/h3-4,7H,5-6,8-9H2,1-2H3,(H,21,25). The van der Waals surface area contributed by atoms with Crippen LogP contribution in [0.2, 0.25) is 0 Å². The summed E-state index contributed by atoms with van der Waals surface area (Å²) in [5, 5.41) is 6.05. The van der Waals surface area contributed by atoms with Crippen molar-refractivity contribution in [2.24, 2.45) is 5.16 Å². The first-order valence-corrected chi connectivity index (χ1v) is 8.21. The van der Waals surface area contributed by atoms with E-state index in [1.165, 1.54) is 24.1 Å². The monoisotopic (exact) mass is 385 g/mol. The zero-order valence-electron chi connectivity index (χ0n) is 14.7. The summed E-state index contributed by atoms with van der Waals surface area (Å²) < 4.78 is 44.1. The fourth-order valence-corrected chi connectivity index (χ4v) is 3.19. The van der Waals surface area contributed by atoms with E-state index in [1.54, 1.807) is 6.92 Å². The number of likely N-dealkylation sites (tertiary alicyclic amines) is 1. The predicted molar refractivity (Wildman–Crippen MR) is 89.3 cm³/mol. The Morgan fingerprint density at radius 1 is 1.37 bits per heavy atom. The van der Waals surface area contributed by atoms with E-state index in [0.29, 0.717) is 12.0 Å². The molecule has 146 valence electrons. The second-order valence-electron chi connectivity index (χ2n) is 6.63. The molecule has 1 aromatic rings. The minimum Gasteiger partial charge on any atom is -0.464 e. The normalized spacial score (nSPS) is 21.8. The minimum absolute atomic E-state index is 0.107. The van der Waals surface area contributed by atoms with Gasteiger partial charge in [0.25, 0.3) is 0 Å². The number of benzene rings is 1. The summed E-state index contributed by atoms with van der Waals surface area (Å²) in [5.41, 5.74) is -1.35. The molecular weight excluding hydrogens is 367 g/mol. The smallest absolute Gasteiger partial charge is 0.418 e. The molecule has 1 saturated heterocycles. The first-order chi connectivity index (χ1) is 12.6. The van der Waals surface area contributed by atoms with Crippen LogP contribution in [0.5, 0.6) is 0 Å². The van der Waals surface area contributed by atoms with Crippen molar-refractivity contribution < 1.29 is 32.3 Å². The van der Waals surface area contributed by atoms with Gasteiger partial charge in [-0.25, -0.2) is 9.59 Å². The van der Waals surface area contributed by atoms with Crippen LogP contribution in [-0.4, -0.2) is 48.4 Å². The SMILES string of the molecule is COC(=O)C1=NOC2(CCN(C(=O)Nc3cc(C)ccc3C(F)(F)F)C2)C1. The number of methoxy groups -OCH3 is 1. The predicted octanol–water partition coefficient (Wildman–Crippen LogP) is 2.94. The maximum Gasteiger partial charge on any atom is 0.418 e. The summed E-state index contributed by atoms with van der Waals surface area (Å²) in [6.07, 6.45) is -3.99. The number of hydrogen-bond acceptors (Lipinski definition) is 5. The van der Waals surface area contributed by atoms with Crippen LogP contribution in [0.4, 0.5) is 23.7 Å². The van der Waals surface area contributed by atoms with Crippen LogP contribution in [0.15, 0.2) is 23.4 Å². The van der Waals surface area contributed by atoms with Crippen molar-refractivity contribution in [3.05, 3.63) is 29.3 Å². The molecule has 2 heterocycles. The third-order valence-corrected chi connectivity index (χ3v) is 4.59. The Labute approximate surface area is 153 Å². The number of alkyl halides is 3. The van der Waals surface area contributed by atoms with E-state index in [2.05, 4.69) is 15.2 Å². The highest BCUT2D eigenvalue weighted by Crippen LogP contribution is 2.37. The zero-order valence-corrected chi connectivity index (χ0v) is 14.7. The number of oxime groups is 1. The molecule has 2 amide bonds. The van der Waals surface area contributed by atoms with Crippen molar-refractivity contribution in [2.75, 3.05) is 25.5 Å². The molecule has 1 unspecified atom stereocenters. The van der Waals surface area contributed by atoms with Crippen LogP contribution in [0.3, 0.4) is 0 Å². The summed E-state index contributed by atoms with van der Waals surface area (Å²) in [4.78, 5) is 30.7. The quantitative estimate of drug-likeness (QED) is 0.794. The number of rotatable bonds is 2. The topological polar surface area (TPSA) is 80.2 Å². The largest absolute Gasteiger partial charge is 0.464 e. The van der Waals surface area contributed by atoms with E-state index in [4.69, 9.17) is 4.84 Å². The van der Waals surface area contributed by atoms with Crippen LogP contribution in [0, 0.1) is 6.92 Å². The maximum absolute atomic E-state index is 13.2. The molecule has 2 aliphatic heterocycles. The lowest BCUT2D eigenvalue weighted by Crippen LogP contribution is -2.39. The molecule has 0 radical (unpaired) electrons. The van der Waals surface area contributed by atoms with Crippen molar-refractivity contribution in [1.82, 2.24) is 4.90 Å². The molecule has 0 saturated carbocycles. The summed E-state index contributed by atoms with van der Waals surface area (Å²) in [6, 6.07) is 2.88. The van der Waals surface area contributed by atoms with E-state index in [9.17, 15) is 22.8 Å². The minimum atomic E-state index is -4.58. The third kappa shape index (κ3) is 3.83. The number of hydrogen-bond donors (Lipinski definition) is 1. The molecule has 0 bridgehead atoms. The number of anilines is 1. The highest BCUT2D eigenvalue weighted by Gasteiger charge is 2.48. The number of esters is 1. The fraction of sp³-hybridized carbons (Fsp3) is 0.471. The first kappa shape index (κ1) is 19.0. The van der Waals surface area contributed by atoms with Crippen molar-refractivity contribution in [3.8, 4) is 0 Å². The Morgan fingerprint density at radius 2 is 2.11 bits per heavy atom. The van der Waals surface area contributed by atoms with E-state index < -0.39 is 29.3 Å². The summed E-state index contributed by atoms with van der Waals surface area (Å²) in [6.45, 7) is 2.01. The van der Waals surface area contributed by atoms with Crippen molar-refractivity contribution in [2.45, 2.75) is 31.5 Å². The van der Waals surface area contributed by atoms with Gasteiger partial charge in [0, 0.05) is 19.4 Å². The van der Waals surface area contributed by atoms with E-state index in [1.807, 2.05) is 0 Å². The van der Waals surface area contributed by atoms with Crippen molar-refractivity contribution in [3.63, 3.8) is 0 Å². The van der Waals surface area contributed by atoms with Crippen LogP contribution < -0.4 is 5.32 Å². The number of carbonyl (C=O) groups is 2.